The van der Waals surface area contributed by atoms with E-state index in [1.165, 1.54) is 12.8 Å². The molecule has 2 amide bonds. The molecule has 0 spiro atoms. The summed E-state index contributed by atoms with van der Waals surface area (Å²) in [4.78, 5) is 13.0. The molecule has 1 fully saturated rings. The summed E-state index contributed by atoms with van der Waals surface area (Å²) < 4.78 is 0. The van der Waals surface area contributed by atoms with E-state index < -0.39 is 0 Å². The summed E-state index contributed by atoms with van der Waals surface area (Å²) in [6.45, 7) is 5.78. The number of urea groups is 1. The largest absolute Gasteiger partial charge is 0.338 e. The molecule has 76 valence electrons. The molecule has 1 aliphatic rings. The third-order valence-electron chi connectivity index (χ3n) is 2.82. The molecule has 1 saturated carbocycles. The van der Waals surface area contributed by atoms with E-state index in [1.807, 2.05) is 14.0 Å². The van der Waals surface area contributed by atoms with Gasteiger partial charge in [0.2, 0.25) is 0 Å². The number of hydrogen-bond acceptors (Lipinski definition) is 1. The molecule has 0 aromatic heterocycles. The summed E-state index contributed by atoms with van der Waals surface area (Å²) in [5.74, 6) is 1.52. The Kier molecular flexibility index (Phi) is 3.58. The van der Waals surface area contributed by atoms with E-state index >= 15 is 0 Å². The fraction of sp³-hybridized carbons (Fsp3) is 0.900. The Balaban J connectivity index is 2.13. The van der Waals surface area contributed by atoms with Gasteiger partial charge in [0.1, 0.15) is 0 Å². The van der Waals surface area contributed by atoms with E-state index in [0.717, 1.165) is 19.0 Å². The molecule has 3 heteroatoms. The normalized spacial score (nSPS) is 18.1. The first-order valence-corrected chi connectivity index (χ1v) is 5.14. The number of carbonyl (C=O) groups excluding carboxylic acids is 1. The molecule has 13 heavy (non-hydrogen) atoms. The van der Waals surface area contributed by atoms with Crippen LogP contribution in [0.3, 0.4) is 0 Å². The molecule has 1 unspecified atom stereocenters. The zero-order chi connectivity index (χ0) is 9.84. The average molecular weight is 184 g/mol. The predicted molar refractivity (Wildman–Crippen MR) is 53.6 cm³/mol. The van der Waals surface area contributed by atoms with Crippen molar-refractivity contribution in [2.45, 2.75) is 26.7 Å². The van der Waals surface area contributed by atoms with Crippen LogP contribution in [0.25, 0.3) is 0 Å². The summed E-state index contributed by atoms with van der Waals surface area (Å²) in [6, 6.07) is 0.0509. The van der Waals surface area contributed by atoms with Crippen LogP contribution in [0.2, 0.25) is 0 Å². The molecule has 1 rings (SSSR count). The highest BCUT2D eigenvalue weighted by molar-refractivity contribution is 5.73. The molecule has 0 bridgehead atoms. The van der Waals surface area contributed by atoms with Crippen molar-refractivity contribution in [2.75, 3.05) is 20.1 Å². The van der Waals surface area contributed by atoms with Gasteiger partial charge in [0, 0.05) is 20.1 Å². The highest BCUT2D eigenvalue weighted by atomic mass is 16.2. The third-order valence-corrected chi connectivity index (χ3v) is 2.82. The van der Waals surface area contributed by atoms with E-state index in [2.05, 4.69) is 12.2 Å². The molecule has 1 N–H and O–H groups in total. The lowest BCUT2D eigenvalue weighted by molar-refractivity contribution is 0.209. The Hall–Kier alpha value is -0.730. The van der Waals surface area contributed by atoms with Crippen molar-refractivity contribution in [3.8, 4) is 0 Å². The molecular formula is C10H20N2O. The number of hydrogen-bond donors (Lipinski definition) is 1. The van der Waals surface area contributed by atoms with Gasteiger partial charge in [-0.1, -0.05) is 6.92 Å². The first-order valence-electron chi connectivity index (χ1n) is 5.14. The van der Waals surface area contributed by atoms with E-state index in [-0.39, 0.29) is 6.03 Å². The Labute approximate surface area is 80.5 Å². The van der Waals surface area contributed by atoms with Crippen molar-refractivity contribution in [1.29, 1.82) is 0 Å². The lowest BCUT2D eigenvalue weighted by Gasteiger charge is -2.17. The lowest BCUT2D eigenvalue weighted by atomic mass is 10.1. The Morgan fingerprint density at radius 1 is 1.62 bits per heavy atom. The standard InChI is InChI=1S/C10H20N2O/c1-4-12(3)10(13)11-7-8(2)9-5-6-9/h8-9H,4-7H2,1-3H3,(H,11,13). The monoisotopic (exact) mass is 184 g/mol. The summed E-state index contributed by atoms with van der Waals surface area (Å²) >= 11 is 0. The fourth-order valence-corrected chi connectivity index (χ4v) is 1.36. The summed E-state index contributed by atoms with van der Waals surface area (Å²) in [6.07, 6.45) is 2.70. The van der Waals surface area contributed by atoms with Gasteiger partial charge in [0.25, 0.3) is 0 Å². The average Bonchev–Trinajstić information content (AvgIpc) is 2.95. The SMILES string of the molecule is CCN(C)C(=O)NCC(C)C1CC1. The quantitative estimate of drug-likeness (QED) is 0.708. The lowest BCUT2D eigenvalue weighted by Crippen LogP contribution is -2.39. The molecule has 1 aliphatic carbocycles. The number of rotatable bonds is 4. The molecule has 0 aliphatic heterocycles. The van der Waals surface area contributed by atoms with Gasteiger partial charge >= 0.3 is 6.03 Å². The second-order valence-corrected chi connectivity index (χ2v) is 4.01. The molecule has 3 nitrogen and oxygen atoms in total. The van der Waals surface area contributed by atoms with Crippen molar-refractivity contribution in [3.63, 3.8) is 0 Å². The maximum Gasteiger partial charge on any atom is 0.317 e. The van der Waals surface area contributed by atoms with Crippen LogP contribution in [0.15, 0.2) is 0 Å². The topological polar surface area (TPSA) is 32.3 Å². The minimum absolute atomic E-state index is 0.0509. The van der Waals surface area contributed by atoms with Gasteiger partial charge in [-0.15, -0.1) is 0 Å². The number of carbonyl (C=O) groups is 1. The second-order valence-electron chi connectivity index (χ2n) is 4.01. The molecule has 1 atom stereocenters. The predicted octanol–water partition coefficient (Wildman–Crippen LogP) is 1.69. The van der Waals surface area contributed by atoms with Gasteiger partial charge in [0.15, 0.2) is 0 Å². The Bertz CT molecular complexity index is 178. The van der Waals surface area contributed by atoms with Crippen molar-refractivity contribution in [1.82, 2.24) is 10.2 Å². The Morgan fingerprint density at radius 2 is 2.23 bits per heavy atom. The van der Waals surface area contributed by atoms with Crippen LogP contribution in [0, 0.1) is 11.8 Å². The van der Waals surface area contributed by atoms with Crippen LogP contribution in [0.1, 0.15) is 26.7 Å². The molecule has 0 radical (unpaired) electrons. The van der Waals surface area contributed by atoms with Crippen LogP contribution in [-0.2, 0) is 0 Å². The number of nitrogens with zero attached hydrogens (tertiary/aromatic N) is 1. The number of amides is 2. The highest BCUT2D eigenvalue weighted by Gasteiger charge is 2.27. The zero-order valence-corrected chi connectivity index (χ0v) is 8.84. The molecule has 0 aromatic carbocycles. The first kappa shape index (κ1) is 10.4. The van der Waals surface area contributed by atoms with E-state index in [0.29, 0.717) is 5.92 Å². The van der Waals surface area contributed by atoms with Crippen molar-refractivity contribution in [3.05, 3.63) is 0 Å². The van der Waals surface area contributed by atoms with Crippen LogP contribution in [-0.4, -0.2) is 31.1 Å². The van der Waals surface area contributed by atoms with Crippen molar-refractivity contribution in [2.24, 2.45) is 11.8 Å². The van der Waals surface area contributed by atoms with E-state index in [9.17, 15) is 4.79 Å². The van der Waals surface area contributed by atoms with E-state index in [1.54, 1.807) is 4.90 Å². The molecule has 0 aromatic rings. The van der Waals surface area contributed by atoms with Crippen molar-refractivity contribution < 1.29 is 4.79 Å². The zero-order valence-electron chi connectivity index (χ0n) is 8.84. The van der Waals surface area contributed by atoms with Gasteiger partial charge in [-0.3, -0.25) is 0 Å². The number of nitrogens with one attached hydrogen (secondary N) is 1. The molecule has 0 heterocycles. The van der Waals surface area contributed by atoms with Crippen LogP contribution in [0.5, 0.6) is 0 Å². The first-order chi connectivity index (χ1) is 6.15. The second kappa shape index (κ2) is 4.49. The van der Waals surface area contributed by atoms with Gasteiger partial charge in [0.05, 0.1) is 0 Å². The van der Waals surface area contributed by atoms with Gasteiger partial charge < -0.3 is 10.2 Å². The minimum atomic E-state index is 0.0509. The van der Waals surface area contributed by atoms with Crippen molar-refractivity contribution >= 4 is 6.03 Å². The van der Waals surface area contributed by atoms with Crippen LogP contribution < -0.4 is 5.32 Å². The Morgan fingerprint density at radius 3 is 2.69 bits per heavy atom. The highest BCUT2D eigenvalue weighted by Crippen LogP contribution is 2.35. The summed E-state index contributed by atoms with van der Waals surface area (Å²) in [5.41, 5.74) is 0. The maximum absolute atomic E-state index is 11.3. The fourth-order valence-electron chi connectivity index (χ4n) is 1.36. The molecular weight excluding hydrogens is 164 g/mol. The van der Waals surface area contributed by atoms with Crippen LogP contribution >= 0.6 is 0 Å². The summed E-state index contributed by atoms with van der Waals surface area (Å²) in [7, 11) is 1.82. The third kappa shape index (κ3) is 3.25. The maximum atomic E-state index is 11.3. The minimum Gasteiger partial charge on any atom is -0.338 e. The summed E-state index contributed by atoms with van der Waals surface area (Å²) in [5, 5.41) is 2.94. The van der Waals surface area contributed by atoms with E-state index in [4.69, 9.17) is 0 Å². The smallest absolute Gasteiger partial charge is 0.317 e. The van der Waals surface area contributed by atoms with Crippen LogP contribution in [0.4, 0.5) is 4.79 Å². The van der Waals surface area contributed by atoms with Gasteiger partial charge in [-0.05, 0) is 31.6 Å². The van der Waals surface area contributed by atoms with Gasteiger partial charge in [-0.25, -0.2) is 4.79 Å². The molecule has 0 saturated heterocycles. The van der Waals surface area contributed by atoms with Gasteiger partial charge in [-0.2, -0.15) is 0 Å².